The molecule has 6 heteroatoms. The molecule has 2 rings (SSSR count). The summed E-state index contributed by atoms with van der Waals surface area (Å²) in [5, 5.41) is 0.441. The molecule has 2 aromatic rings. The molecular weight excluding hydrogens is 376 g/mol. The van der Waals surface area contributed by atoms with Crippen LogP contribution < -0.4 is 0 Å². The highest BCUT2D eigenvalue weighted by Gasteiger charge is 2.16. The largest absolute Gasteiger partial charge is 0.465 e. The van der Waals surface area contributed by atoms with Gasteiger partial charge >= 0.3 is 5.97 Å². The predicted molar refractivity (Wildman–Crippen MR) is 86.4 cm³/mol. The van der Waals surface area contributed by atoms with Crippen LogP contribution in [0.25, 0.3) is 0 Å². The monoisotopic (exact) mass is 384 g/mol. The van der Waals surface area contributed by atoms with E-state index < -0.39 is 5.97 Å². The summed E-state index contributed by atoms with van der Waals surface area (Å²) in [4.78, 5) is 24.3. The Morgan fingerprint density at radius 1 is 1.33 bits per heavy atom. The number of aldehydes is 1. The Hall–Kier alpha value is -1.30. The molecule has 0 aliphatic rings. The molecule has 0 N–H and O–H groups in total. The Balaban J connectivity index is 2.48. The Labute approximate surface area is 139 Å². The highest BCUT2D eigenvalue weighted by atomic mass is 79.9. The maximum Gasteiger partial charge on any atom is 0.339 e. The number of halogens is 2. The molecule has 0 amide bonds. The minimum Gasteiger partial charge on any atom is -0.465 e. The number of hydrogen-bond donors (Lipinski definition) is 0. The van der Waals surface area contributed by atoms with Gasteiger partial charge in [-0.1, -0.05) is 51.4 Å². The van der Waals surface area contributed by atoms with E-state index in [1.807, 2.05) is 6.07 Å². The number of hydrogen-bond acceptors (Lipinski definition) is 4. The molecule has 0 fully saturated rings. The van der Waals surface area contributed by atoms with E-state index in [4.69, 9.17) is 16.3 Å². The lowest BCUT2D eigenvalue weighted by molar-refractivity contribution is 0.0596. The first-order chi connectivity index (χ1) is 10.1. The van der Waals surface area contributed by atoms with Crippen LogP contribution in [0.2, 0.25) is 5.02 Å². The molecule has 2 aromatic carbocycles. The van der Waals surface area contributed by atoms with Gasteiger partial charge in [-0.3, -0.25) is 4.79 Å². The van der Waals surface area contributed by atoms with Gasteiger partial charge in [-0.05, 0) is 24.3 Å². The van der Waals surface area contributed by atoms with Crippen molar-refractivity contribution in [2.24, 2.45) is 0 Å². The zero-order valence-corrected chi connectivity index (χ0v) is 14.1. The van der Waals surface area contributed by atoms with Crippen LogP contribution >= 0.6 is 39.3 Å². The third kappa shape index (κ3) is 3.67. The summed E-state index contributed by atoms with van der Waals surface area (Å²) in [6.07, 6.45) is 0.736. The lowest BCUT2D eigenvalue weighted by Crippen LogP contribution is -2.02. The van der Waals surface area contributed by atoms with Crippen molar-refractivity contribution < 1.29 is 14.3 Å². The van der Waals surface area contributed by atoms with Crippen molar-refractivity contribution in [1.82, 2.24) is 0 Å². The zero-order valence-electron chi connectivity index (χ0n) is 10.9. The topological polar surface area (TPSA) is 43.4 Å². The van der Waals surface area contributed by atoms with Crippen LogP contribution in [-0.4, -0.2) is 19.4 Å². The second kappa shape index (κ2) is 7.11. The first-order valence-electron chi connectivity index (χ1n) is 5.86. The summed E-state index contributed by atoms with van der Waals surface area (Å²) in [7, 11) is 1.33. The van der Waals surface area contributed by atoms with Crippen molar-refractivity contribution in [1.29, 1.82) is 0 Å². The van der Waals surface area contributed by atoms with E-state index in [0.717, 1.165) is 10.8 Å². The number of carbonyl (C=O) groups excluding carboxylic acids is 2. The summed E-state index contributed by atoms with van der Waals surface area (Å²) < 4.78 is 5.48. The molecule has 21 heavy (non-hydrogen) atoms. The normalized spacial score (nSPS) is 10.2. The molecule has 0 aliphatic carbocycles. The molecule has 0 radical (unpaired) electrons. The van der Waals surface area contributed by atoms with E-state index in [2.05, 4.69) is 15.9 Å². The van der Waals surface area contributed by atoms with Crippen LogP contribution in [0.3, 0.4) is 0 Å². The van der Waals surface area contributed by atoms with E-state index >= 15 is 0 Å². The molecule has 0 saturated heterocycles. The van der Waals surface area contributed by atoms with Gasteiger partial charge in [-0.25, -0.2) is 4.79 Å². The molecule has 0 bridgehead atoms. The van der Waals surface area contributed by atoms with Gasteiger partial charge in [0.1, 0.15) is 0 Å². The van der Waals surface area contributed by atoms with Crippen molar-refractivity contribution in [3.8, 4) is 0 Å². The lowest BCUT2D eigenvalue weighted by Gasteiger charge is -2.11. The van der Waals surface area contributed by atoms with Crippen LogP contribution in [0.1, 0.15) is 20.7 Å². The summed E-state index contributed by atoms with van der Waals surface area (Å²) >= 11 is 10.8. The summed E-state index contributed by atoms with van der Waals surface area (Å²) in [6, 6.07) is 10.4. The summed E-state index contributed by atoms with van der Waals surface area (Å²) in [6.45, 7) is 0. The third-order valence-electron chi connectivity index (χ3n) is 2.67. The predicted octanol–water partition coefficient (Wildman–Crippen LogP) is 4.85. The maximum atomic E-state index is 11.8. The van der Waals surface area contributed by atoms with Crippen molar-refractivity contribution >= 4 is 51.5 Å². The minimum absolute atomic E-state index is 0.431. The Morgan fingerprint density at radius 3 is 2.71 bits per heavy atom. The number of rotatable bonds is 4. The molecular formula is C15H10BrClO3S. The molecule has 0 atom stereocenters. The van der Waals surface area contributed by atoms with Gasteiger partial charge in [0.05, 0.1) is 17.7 Å². The second-order valence-corrected chi connectivity index (χ2v) is 6.39. The fraction of sp³-hybridized carbons (Fsp3) is 0.0667. The van der Waals surface area contributed by atoms with Gasteiger partial charge in [0.25, 0.3) is 0 Å². The fourth-order valence-corrected chi connectivity index (χ4v) is 3.68. The minimum atomic E-state index is -0.431. The average Bonchev–Trinajstić information content (AvgIpc) is 2.49. The van der Waals surface area contributed by atoms with Crippen LogP contribution in [0, 0.1) is 0 Å². The van der Waals surface area contributed by atoms with Crippen LogP contribution in [0.15, 0.2) is 50.7 Å². The van der Waals surface area contributed by atoms with Gasteiger partial charge in [-0.2, -0.15) is 0 Å². The first kappa shape index (κ1) is 16.1. The molecule has 3 nitrogen and oxygen atoms in total. The van der Waals surface area contributed by atoms with Gasteiger partial charge in [0, 0.05) is 19.8 Å². The van der Waals surface area contributed by atoms with Crippen molar-refractivity contribution in [3.63, 3.8) is 0 Å². The van der Waals surface area contributed by atoms with Crippen LogP contribution in [0.4, 0.5) is 0 Å². The van der Waals surface area contributed by atoms with Gasteiger partial charge in [0.2, 0.25) is 0 Å². The summed E-state index contributed by atoms with van der Waals surface area (Å²) in [5.41, 5.74) is 0.889. The second-order valence-electron chi connectivity index (χ2n) is 4.01. The third-order valence-corrected chi connectivity index (χ3v) is 4.77. The number of carbonyl (C=O) groups is 2. The first-order valence-corrected chi connectivity index (χ1v) is 7.85. The molecule has 0 aromatic heterocycles. The molecule has 108 valence electrons. The molecule has 0 aliphatic heterocycles. The number of ether oxygens (including phenoxy) is 1. The van der Waals surface area contributed by atoms with Crippen LogP contribution in [0.5, 0.6) is 0 Å². The van der Waals surface area contributed by atoms with Gasteiger partial charge in [0.15, 0.2) is 6.29 Å². The highest BCUT2D eigenvalue weighted by Crippen LogP contribution is 2.38. The van der Waals surface area contributed by atoms with Gasteiger partial charge < -0.3 is 4.74 Å². The van der Waals surface area contributed by atoms with Crippen molar-refractivity contribution in [3.05, 3.63) is 57.0 Å². The van der Waals surface area contributed by atoms with E-state index in [-0.39, 0.29) is 0 Å². The van der Waals surface area contributed by atoms with E-state index in [0.29, 0.717) is 25.9 Å². The Kier molecular flexibility index (Phi) is 5.45. The Morgan fingerprint density at radius 2 is 2.05 bits per heavy atom. The average molecular weight is 386 g/mol. The maximum absolute atomic E-state index is 11.8. The number of benzene rings is 2. The standard InChI is InChI=1S/C15H10BrClO3S/c1-20-15(19)11-4-2-3-5-13(11)21-14-9(8-18)6-10(16)7-12(14)17/h2-8H,1H3. The SMILES string of the molecule is COC(=O)c1ccccc1Sc1c(Cl)cc(Br)cc1C=O. The highest BCUT2D eigenvalue weighted by molar-refractivity contribution is 9.10. The smallest absolute Gasteiger partial charge is 0.339 e. The van der Waals surface area contributed by atoms with E-state index in [1.54, 1.807) is 30.3 Å². The Bertz CT molecular complexity index is 703. The van der Waals surface area contributed by atoms with Gasteiger partial charge in [-0.15, -0.1) is 0 Å². The summed E-state index contributed by atoms with van der Waals surface area (Å²) in [5.74, 6) is -0.431. The quantitative estimate of drug-likeness (QED) is 0.557. The van der Waals surface area contributed by atoms with Crippen molar-refractivity contribution in [2.45, 2.75) is 9.79 Å². The number of esters is 1. The van der Waals surface area contributed by atoms with Crippen LogP contribution in [-0.2, 0) is 4.74 Å². The molecule has 0 unspecified atom stereocenters. The number of methoxy groups -OCH3 is 1. The van der Waals surface area contributed by atoms with Crippen molar-refractivity contribution in [2.75, 3.05) is 7.11 Å². The molecule has 0 saturated carbocycles. The zero-order chi connectivity index (χ0) is 15.4. The molecule has 0 spiro atoms. The molecule has 0 heterocycles. The van der Waals surface area contributed by atoms with E-state index in [9.17, 15) is 9.59 Å². The lowest BCUT2D eigenvalue weighted by atomic mass is 10.2. The fourth-order valence-electron chi connectivity index (χ4n) is 1.72. The van der Waals surface area contributed by atoms with E-state index in [1.165, 1.54) is 18.9 Å².